The fourth-order valence-corrected chi connectivity index (χ4v) is 3.34. The van der Waals surface area contributed by atoms with Crippen molar-refractivity contribution in [2.45, 2.75) is 52.1 Å². The highest BCUT2D eigenvalue weighted by Gasteiger charge is 2.28. The molecule has 0 aromatic carbocycles. The van der Waals surface area contributed by atoms with Crippen LogP contribution in [0.25, 0.3) is 0 Å². The maximum absolute atomic E-state index is 9.85. The highest BCUT2D eigenvalue weighted by molar-refractivity contribution is 6.77. The molecule has 0 rings (SSSR count). The summed E-state index contributed by atoms with van der Waals surface area (Å²) < 4.78 is 0. The van der Waals surface area contributed by atoms with Gasteiger partial charge in [-0.25, -0.2) is 0 Å². The minimum absolute atomic E-state index is 0.0255. The normalized spacial score (nSPS) is 18.0. The lowest BCUT2D eigenvalue weighted by Crippen LogP contribution is -2.42. The SMILES string of the molecule is CCC[C@@H](C)[C@H](O)[Si](C)(C)C. The molecule has 68 valence electrons. The molecule has 0 fully saturated rings. The van der Waals surface area contributed by atoms with Gasteiger partial charge in [-0.05, 0) is 12.3 Å². The van der Waals surface area contributed by atoms with E-state index in [-0.39, 0.29) is 5.73 Å². The number of hydrogen-bond acceptors (Lipinski definition) is 1. The van der Waals surface area contributed by atoms with Crippen molar-refractivity contribution in [3.8, 4) is 0 Å². The summed E-state index contributed by atoms with van der Waals surface area (Å²) in [6.07, 6.45) is 2.34. The zero-order valence-electron chi connectivity index (χ0n) is 8.52. The standard InChI is InChI=1S/C9H22OSi/c1-6-7-8(2)9(10)11(3,4)5/h8-10H,6-7H2,1-5H3/t8-,9-/m1/s1. The Balaban J connectivity index is 3.91. The van der Waals surface area contributed by atoms with Crippen molar-refractivity contribution in [3.05, 3.63) is 0 Å². The Bertz CT molecular complexity index is 107. The quantitative estimate of drug-likeness (QED) is 0.650. The molecule has 0 saturated heterocycles. The predicted octanol–water partition coefficient (Wildman–Crippen LogP) is 2.66. The molecule has 0 aromatic heterocycles. The molecule has 0 heterocycles. The van der Waals surface area contributed by atoms with Gasteiger partial charge >= 0.3 is 0 Å². The number of rotatable bonds is 4. The van der Waals surface area contributed by atoms with E-state index >= 15 is 0 Å². The van der Waals surface area contributed by atoms with Gasteiger partial charge in [0.05, 0.1) is 8.07 Å². The van der Waals surface area contributed by atoms with Gasteiger partial charge in [0.25, 0.3) is 0 Å². The van der Waals surface area contributed by atoms with Crippen molar-refractivity contribution in [2.24, 2.45) is 5.92 Å². The van der Waals surface area contributed by atoms with Gasteiger partial charge in [-0.1, -0.05) is 39.9 Å². The van der Waals surface area contributed by atoms with Crippen molar-refractivity contribution >= 4 is 8.07 Å². The van der Waals surface area contributed by atoms with Crippen LogP contribution in [0.5, 0.6) is 0 Å². The van der Waals surface area contributed by atoms with Gasteiger partial charge < -0.3 is 5.11 Å². The van der Waals surface area contributed by atoms with E-state index in [1.54, 1.807) is 0 Å². The van der Waals surface area contributed by atoms with Gasteiger partial charge in [-0.2, -0.15) is 0 Å². The maximum atomic E-state index is 9.85. The van der Waals surface area contributed by atoms with E-state index in [0.29, 0.717) is 5.92 Å². The molecule has 2 atom stereocenters. The minimum Gasteiger partial charge on any atom is -0.396 e. The van der Waals surface area contributed by atoms with Crippen molar-refractivity contribution in [1.29, 1.82) is 0 Å². The van der Waals surface area contributed by atoms with Crippen molar-refractivity contribution < 1.29 is 5.11 Å². The Morgan fingerprint density at radius 3 is 2.00 bits per heavy atom. The van der Waals surface area contributed by atoms with Crippen molar-refractivity contribution in [2.75, 3.05) is 0 Å². The molecule has 0 saturated carbocycles. The minimum atomic E-state index is -1.31. The average Bonchev–Trinajstić information content (AvgIpc) is 1.85. The monoisotopic (exact) mass is 174 g/mol. The van der Waals surface area contributed by atoms with Crippen molar-refractivity contribution in [1.82, 2.24) is 0 Å². The van der Waals surface area contributed by atoms with Crippen LogP contribution in [0.3, 0.4) is 0 Å². The van der Waals surface area contributed by atoms with Crippen LogP contribution >= 0.6 is 0 Å². The summed E-state index contributed by atoms with van der Waals surface area (Å²) in [7, 11) is -1.31. The largest absolute Gasteiger partial charge is 0.396 e. The molecule has 1 nitrogen and oxygen atoms in total. The Kier molecular flexibility index (Phi) is 4.33. The highest BCUT2D eigenvalue weighted by atomic mass is 28.3. The first-order chi connectivity index (χ1) is 4.89. The summed E-state index contributed by atoms with van der Waals surface area (Å²) >= 11 is 0. The summed E-state index contributed by atoms with van der Waals surface area (Å²) in [5.41, 5.74) is -0.0255. The van der Waals surface area contributed by atoms with E-state index in [0.717, 1.165) is 6.42 Å². The fourth-order valence-electron chi connectivity index (χ4n) is 1.47. The van der Waals surface area contributed by atoms with Gasteiger partial charge in [0.2, 0.25) is 0 Å². The van der Waals surface area contributed by atoms with Gasteiger partial charge in [0, 0.05) is 5.73 Å². The van der Waals surface area contributed by atoms with Crippen LogP contribution in [-0.2, 0) is 0 Å². The number of aliphatic hydroxyl groups is 1. The summed E-state index contributed by atoms with van der Waals surface area (Å²) in [5, 5.41) is 9.85. The Morgan fingerprint density at radius 2 is 1.73 bits per heavy atom. The maximum Gasteiger partial charge on any atom is 0.0785 e. The van der Waals surface area contributed by atoms with Gasteiger partial charge in [0.1, 0.15) is 0 Å². The third-order valence-corrected chi connectivity index (χ3v) is 4.51. The molecule has 0 unspecified atom stereocenters. The van der Waals surface area contributed by atoms with E-state index in [4.69, 9.17) is 0 Å². The molecular weight excluding hydrogens is 152 g/mol. The molecule has 0 aliphatic rings. The van der Waals surface area contributed by atoms with Crippen LogP contribution < -0.4 is 0 Å². The van der Waals surface area contributed by atoms with E-state index in [2.05, 4.69) is 33.5 Å². The second kappa shape index (κ2) is 4.26. The van der Waals surface area contributed by atoms with Crippen molar-refractivity contribution in [3.63, 3.8) is 0 Å². The first-order valence-electron chi connectivity index (χ1n) is 4.57. The van der Waals surface area contributed by atoms with E-state index in [1.807, 2.05) is 0 Å². The Hall–Kier alpha value is 0.177. The third-order valence-electron chi connectivity index (χ3n) is 2.17. The zero-order chi connectivity index (χ0) is 9.07. The van der Waals surface area contributed by atoms with Crippen LogP contribution in [0.4, 0.5) is 0 Å². The summed E-state index contributed by atoms with van der Waals surface area (Å²) in [4.78, 5) is 0. The van der Waals surface area contributed by atoms with Gasteiger partial charge in [0.15, 0.2) is 0 Å². The van der Waals surface area contributed by atoms with E-state index in [9.17, 15) is 5.11 Å². The lowest BCUT2D eigenvalue weighted by atomic mass is 10.1. The first-order valence-corrected chi connectivity index (χ1v) is 8.15. The topological polar surface area (TPSA) is 20.2 Å². The zero-order valence-corrected chi connectivity index (χ0v) is 9.52. The molecule has 0 aliphatic carbocycles. The average molecular weight is 174 g/mol. The second-order valence-corrected chi connectivity index (χ2v) is 9.90. The van der Waals surface area contributed by atoms with Crippen LogP contribution in [0.2, 0.25) is 19.6 Å². The van der Waals surface area contributed by atoms with Crippen LogP contribution in [0.15, 0.2) is 0 Å². The molecule has 2 heteroatoms. The van der Waals surface area contributed by atoms with Crippen LogP contribution in [0.1, 0.15) is 26.7 Å². The molecular formula is C9H22OSi. The molecule has 11 heavy (non-hydrogen) atoms. The first kappa shape index (κ1) is 11.2. The third kappa shape index (κ3) is 3.92. The molecule has 0 amide bonds. The highest BCUT2D eigenvalue weighted by Crippen LogP contribution is 2.19. The van der Waals surface area contributed by atoms with E-state index < -0.39 is 8.07 Å². The smallest absolute Gasteiger partial charge is 0.0785 e. The Morgan fingerprint density at radius 1 is 1.27 bits per heavy atom. The lowest BCUT2D eigenvalue weighted by Gasteiger charge is -2.29. The van der Waals surface area contributed by atoms with Crippen LogP contribution in [-0.4, -0.2) is 18.9 Å². The summed E-state index contributed by atoms with van der Waals surface area (Å²) in [5.74, 6) is 0.492. The molecule has 0 spiro atoms. The molecule has 0 bridgehead atoms. The summed E-state index contributed by atoms with van der Waals surface area (Å²) in [6.45, 7) is 11.0. The predicted molar refractivity (Wildman–Crippen MR) is 53.4 cm³/mol. The molecule has 0 aromatic rings. The molecule has 1 N–H and O–H groups in total. The Labute approximate surface area is 71.8 Å². The second-order valence-electron chi connectivity index (χ2n) is 4.58. The summed E-state index contributed by atoms with van der Waals surface area (Å²) in [6, 6.07) is 0. The van der Waals surface area contributed by atoms with E-state index in [1.165, 1.54) is 6.42 Å². The number of aliphatic hydroxyl groups excluding tert-OH is 1. The molecule has 0 radical (unpaired) electrons. The molecule has 0 aliphatic heterocycles. The number of hydrogen-bond donors (Lipinski definition) is 1. The van der Waals surface area contributed by atoms with Crippen LogP contribution in [0, 0.1) is 5.92 Å². The van der Waals surface area contributed by atoms with Gasteiger partial charge in [-0.3, -0.25) is 0 Å². The van der Waals surface area contributed by atoms with Gasteiger partial charge in [-0.15, -0.1) is 0 Å². The lowest BCUT2D eigenvalue weighted by molar-refractivity contribution is 0.176. The fraction of sp³-hybridized carbons (Fsp3) is 1.00.